The summed E-state index contributed by atoms with van der Waals surface area (Å²) in [5.74, 6) is -0.0730. The molecule has 6 nitrogen and oxygen atoms in total. The van der Waals surface area contributed by atoms with Crippen molar-refractivity contribution in [3.8, 4) is 11.4 Å². The Kier molecular flexibility index (Phi) is 7.25. The van der Waals surface area contributed by atoms with Crippen LogP contribution in [0.25, 0.3) is 5.69 Å². The normalized spacial score (nSPS) is 11.9. The van der Waals surface area contributed by atoms with Crippen molar-refractivity contribution in [2.75, 3.05) is 13.6 Å². The number of benzene rings is 1. The number of hydrogen-bond acceptors (Lipinski definition) is 4. The number of amides is 1. The number of halogens is 1. The van der Waals surface area contributed by atoms with Crippen molar-refractivity contribution in [1.29, 1.82) is 0 Å². The molecule has 0 aliphatic heterocycles. The van der Waals surface area contributed by atoms with Gasteiger partial charge in [0.25, 0.3) is 5.91 Å². The number of nitrogens with two attached hydrogens (primary N) is 1. The molecule has 3 N–H and O–H groups in total. The molecule has 1 amide bonds. The van der Waals surface area contributed by atoms with Crippen molar-refractivity contribution in [3.63, 3.8) is 0 Å². The van der Waals surface area contributed by atoms with E-state index in [1.54, 1.807) is 11.9 Å². The maximum absolute atomic E-state index is 12.4. The lowest BCUT2D eigenvalue weighted by Gasteiger charge is -2.20. The van der Waals surface area contributed by atoms with E-state index in [2.05, 4.69) is 18.9 Å². The van der Waals surface area contributed by atoms with Gasteiger partial charge in [0.2, 0.25) is 0 Å². The molecule has 1 aromatic heterocycles. The predicted molar refractivity (Wildman–Crippen MR) is 96.9 cm³/mol. The summed E-state index contributed by atoms with van der Waals surface area (Å²) in [5.41, 5.74) is 6.84. The number of hydrogen-bond donors (Lipinski definition) is 2. The zero-order chi connectivity index (χ0) is 17.0. The number of carbonyl (C=O) groups excluding carboxylic acids is 1. The minimum Gasteiger partial charge on any atom is -0.504 e. The lowest BCUT2D eigenvalue weighted by atomic mass is 10.0. The van der Waals surface area contributed by atoms with Gasteiger partial charge in [-0.3, -0.25) is 4.79 Å². The number of nitrogens with zero attached hydrogens (tertiary/aromatic N) is 3. The third-order valence-corrected chi connectivity index (χ3v) is 3.92. The summed E-state index contributed by atoms with van der Waals surface area (Å²) in [6.07, 6.45) is 2.15. The first-order chi connectivity index (χ1) is 10.9. The molecule has 1 aromatic carbocycles. The molecule has 0 saturated heterocycles. The van der Waals surface area contributed by atoms with Gasteiger partial charge >= 0.3 is 0 Å². The highest BCUT2D eigenvalue weighted by Crippen LogP contribution is 2.19. The van der Waals surface area contributed by atoms with E-state index in [4.69, 9.17) is 5.73 Å². The minimum atomic E-state index is -0.312. The molecule has 1 unspecified atom stereocenters. The van der Waals surface area contributed by atoms with Crippen LogP contribution in [0.4, 0.5) is 0 Å². The molecule has 0 aliphatic rings. The Morgan fingerprint density at radius 3 is 2.54 bits per heavy atom. The molecule has 2 aromatic rings. The van der Waals surface area contributed by atoms with Gasteiger partial charge < -0.3 is 15.7 Å². The molecule has 0 aliphatic carbocycles. The Balaban J connectivity index is 0.00000288. The summed E-state index contributed by atoms with van der Waals surface area (Å²) in [7, 11) is 1.69. The second-order valence-electron chi connectivity index (χ2n) is 6.07. The van der Waals surface area contributed by atoms with Gasteiger partial charge in [0.05, 0.1) is 11.9 Å². The minimum absolute atomic E-state index is 0. The van der Waals surface area contributed by atoms with Crippen molar-refractivity contribution < 1.29 is 9.90 Å². The predicted octanol–water partition coefficient (Wildman–Crippen LogP) is 2.45. The maximum Gasteiger partial charge on any atom is 0.277 e. The van der Waals surface area contributed by atoms with Crippen molar-refractivity contribution in [2.24, 2.45) is 11.7 Å². The van der Waals surface area contributed by atoms with Crippen LogP contribution in [0, 0.1) is 5.92 Å². The molecule has 0 fully saturated rings. The van der Waals surface area contributed by atoms with Gasteiger partial charge in [0, 0.05) is 19.6 Å². The second-order valence-corrected chi connectivity index (χ2v) is 6.07. The molecule has 132 valence electrons. The van der Waals surface area contributed by atoms with Crippen LogP contribution in [0.15, 0.2) is 36.5 Å². The molecule has 1 heterocycles. The maximum atomic E-state index is 12.4. The Morgan fingerprint density at radius 1 is 1.33 bits per heavy atom. The van der Waals surface area contributed by atoms with Gasteiger partial charge in [-0.05, 0) is 24.5 Å². The van der Waals surface area contributed by atoms with Crippen LogP contribution in [0.3, 0.4) is 0 Å². The third-order valence-electron chi connectivity index (χ3n) is 3.92. The Morgan fingerprint density at radius 2 is 1.96 bits per heavy atom. The summed E-state index contributed by atoms with van der Waals surface area (Å²) >= 11 is 0. The topological polar surface area (TPSA) is 84.4 Å². The monoisotopic (exact) mass is 352 g/mol. The van der Waals surface area contributed by atoms with Crippen molar-refractivity contribution in [1.82, 2.24) is 14.7 Å². The van der Waals surface area contributed by atoms with Crippen LogP contribution in [0.2, 0.25) is 0 Å². The average Bonchev–Trinajstić information content (AvgIpc) is 2.94. The number of rotatable bonds is 6. The molecule has 0 bridgehead atoms. The zero-order valence-electron chi connectivity index (χ0n) is 14.2. The lowest BCUT2D eigenvalue weighted by Crippen LogP contribution is -2.34. The first-order valence-corrected chi connectivity index (χ1v) is 7.75. The molecule has 2 rings (SSSR count). The summed E-state index contributed by atoms with van der Waals surface area (Å²) in [5, 5.41) is 14.2. The Hall–Kier alpha value is -2.05. The fourth-order valence-corrected chi connectivity index (χ4v) is 2.19. The van der Waals surface area contributed by atoms with E-state index in [9.17, 15) is 9.90 Å². The van der Waals surface area contributed by atoms with Crippen molar-refractivity contribution >= 4 is 18.3 Å². The van der Waals surface area contributed by atoms with Crippen LogP contribution in [-0.2, 0) is 0 Å². The first-order valence-electron chi connectivity index (χ1n) is 7.75. The quantitative estimate of drug-likeness (QED) is 0.836. The van der Waals surface area contributed by atoms with Gasteiger partial charge in [-0.2, -0.15) is 5.10 Å². The van der Waals surface area contributed by atoms with Crippen LogP contribution < -0.4 is 5.73 Å². The molecule has 0 radical (unpaired) electrons. The largest absolute Gasteiger partial charge is 0.504 e. The fraction of sp³-hybridized carbons (Fsp3) is 0.412. The smallest absolute Gasteiger partial charge is 0.277 e. The van der Waals surface area contributed by atoms with Gasteiger partial charge in [-0.25, -0.2) is 4.68 Å². The molecule has 24 heavy (non-hydrogen) atoms. The first kappa shape index (κ1) is 20.0. The Bertz CT molecular complexity index is 658. The highest BCUT2D eigenvalue weighted by Gasteiger charge is 2.21. The van der Waals surface area contributed by atoms with Crippen LogP contribution >= 0.6 is 12.4 Å². The summed E-state index contributed by atoms with van der Waals surface area (Å²) in [6.45, 7) is 4.63. The van der Waals surface area contributed by atoms with E-state index in [-0.39, 0.29) is 35.8 Å². The molecule has 0 saturated carbocycles. The highest BCUT2D eigenvalue weighted by molar-refractivity contribution is 5.94. The Labute approximate surface area is 148 Å². The van der Waals surface area contributed by atoms with Crippen LogP contribution in [0.5, 0.6) is 5.75 Å². The third kappa shape index (κ3) is 4.72. The van der Waals surface area contributed by atoms with Crippen molar-refractivity contribution in [2.45, 2.75) is 26.3 Å². The number of aromatic hydroxyl groups is 1. The van der Waals surface area contributed by atoms with E-state index in [1.807, 2.05) is 30.3 Å². The summed E-state index contributed by atoms with van der Waals surface area (Å²) in [6, 6.07) is 9.38. The van der Waals surface area contributed by atoms with Crippen LogP contribution in [0.1, 0.15) is 30.8 Å². The standard InChI is InChI=1S/C17H24N4O2.ClH/c1-12(2)14(18)9-10-20(3)17(23)16-15(22)11-21(19-16)13-7-5-4-6-8-13;/h4-8,11-12,14,22H,9-10,18H2,1-3H3;1H. The molecular formula is C17H25ClN4O2. The molecular weight excluding hydrogens is 328 g/mol. The van der Waals surface area contributed by atoms with E-state index in [0.717, 1.165) is 5.69 Å². The highest BCUT2D eigenvalue weighted by atomic mass is 35.5. The van der Waals surface area contributed by atoms with E-state index in [0.29, 0.717) is 18.9 Å². The van der Waals surface area contributed by atoms with Gasteiger partial charge in [0.1, 0.15) is 0 Å². The lowest BCUT2D eigenvalue weighted by molar-refractivity contribution is 0.0780. The number of para-hydroxylation sites is 1. The number of aromatic nitrogens is 2. The summed E-state index contributed by atoms with van der Waals surface area (Å²) in [4.78, 5) is 14.0. The van der Waals surface area contributed by atoms with E-state index >= 15 is 0 Å². The fourth-order valence-electron chi connectivity index (χ4n) is 2.19. The van der Waals surface area contributed by atoms with Gasteiger partial charge in [-0.1, -0.05) is 32.0 Å². The zero-order valence-corrected chi connectivity index (χ0v) is 15.0. The SMILES string of the molecule is CC(C)C(N)CCN(C)C(=O)c1nn(-c2ccccc2)cc1O.Cl. The van der Waals surface area contributed by atoms with E-state index in [1.165, 1.54) is 10.9 Å². The van der Waals surface area contributed by atoms with E-state index < -0.39 is 0 Å². The molecule has 7 heteroatoms. The van der Waals surface area contributed by atoms with Crippen molar-refractivity contribution in [3.05, 3.63) is 42.2 Å². The summed E-state index contributed by atoms with van der Waals surface area (Å²) < 4.78 is 1.50. The van der Waals surface area contributed by atoms with Crippen LogP contribution in [-0.4, -0.2) is 45.3 Å². The van der Waals surface area contributed by atoms with Gasteiger partial charge in [0.15, 0.2) is 11.4 Å². The number of carbonyl (C=O) groups is 1. The van der Waals surface area contributed by atoms with Gasteiger partial charge in [-0.15, -0.1) is 12.4 Å². The molecule has 1 atom stereocenters. The second kappa shape index (κ2) is 8.70. The molecule has 0 spiro atoms. The average molecular weight is 353 g/mol.